The van der Waals surface area contributed by atoms with Gasteiger partial charge in [0.15, 0.2) is 0 Å². The normalized spacial score (nSPS) is 27.6. The van der Waals surface area contributed by atoms with Crippen LogP contribution in [0, 0.1) is 5.92 Å². The van der Waals surface area contributed by atoms with Gasteiger partial charge in [-0.25, -0.2) is 4.79 Å². The summed E-state index contributed by atoms with van der Waals surface area (Å²) in [5.41, 5.74) is 2.75. The lowest BCUT2D eigenvalue weighted by molar-refractivity contribution is -0.156. The summed E-state index contributed by atoms with van der Waals surface area (Å²) in [4.78, 5) is 38.4. The lowest BCUT2D eigenvalue weighted by atomic mass is 9.90. The maximum Gasteiger partial charge on any atom is 0.328 e. The summed E-state index contributed by atoms with van der Waals surface area (Å²) >= 11 is 0. The van der Waals surface area contributed by atoms with Gasteiger partial charge in [-0.2, -0.15) is 0 Å². The van der Waals surface area contributed by atoms with Crippen molar-refractivity contribution in [3.8, 4) is 5.75 Å². The number of esters is 1. The third-order valence-electron chi connectivity index (χ3n) is 8.12. The van der Waals surface area contributed by atoms with Gasteiger partial charge in [0.05, 0.1) is 18.6 Å². The molecule has 0 fully saturated rings. The molecule has 1 aromatic carbocycles. The molecule has 2 bridgehead atoms. The minimum Gasteiger partial charge on any atom is -0.508 e. The van der Waals surface area contributed by atoms with E-state index < -0.39 is 36.2 Å². The second-order valence-electron chi connectivity index (χ2n) is 11.8. The first-order valence-corrected chi connectivity index (χ1v) is 15.8. The van der Waals surface area contributed by atoms with Crippen LogP contribution < -0.4 is 10.6 Å². The number of allylic oxidation sites excluding steroid dienone is 6. The maximum absolute atomic E-state index is 13.1. The third kappa shape index (κ3) is 11.8. The molecule has 0 aromatic heterocycles. The molecule has 0 saturated carbocycles. The Morgan fingerprint density at radius 1 is 1.04 bits per heavy atom. The quantitative estimate of drug-likeness (QED) is 0.249. The minimum absolute atomic E-state index is 0.0434. The van der Waals surface area contributed by atoms with E-state index in [2.05, 4.69) is 10.6 Å². The lowest BCUT2D eigenvalue weighted by Gasteiger charge is -2.29. The number of methoxy groups -OCH3 is 1. The van der Waals surface area contributed by atoms with E-state index in [-0.39, 0.29) is 24.0 Å². The van der Waals surface area contributed by atoms with Crippen LogP contribution in [0.4, 0.5) is 5.69 Å². The monoisotopic (exact) mass is 620 g/mol. The third-order valence-corrected chi connectivity index (χ3v) is 8.12. The van der Waals surface area contributed by atoms with Crippen molar-refractivity contribution >= 4 is 23.5 Å². The van der Waals surface area contributed by atoms with Gasteiger partial charge in [-0.1, -0.05) is 55.5 Å². The van der Waals surface area contributed by atoms with E-state index in [0.29, 0.717) is 36.9 Å². The molecule has 0 saturated heterocycles. The number of carbonyl (C=O) groups is 3. The Kier molecular flexibility index (Phi) is 14.3. The van der Waals surface area contributed by atoms with Crippen LogP contribution in [0.1, 0.15) is 71.3 Å². The summed E-state index contributed by atoms with van der Waals surface area (Å²) in [7, 11) is 1.53. The molecule has 1 aromatic rings. The Balaban J connectivity index is 1.80. The van der Waals surface area contributed by atoms with Crippen LogP contribution in [-0.4, -0.2) is 59.5 Å². The molecule has 2 amide bonds. The molecule has 3 rings (SSSR count). The van der Waals surface area contributed by atoms with Gasteiger partial charge in [0, 0.05) is 36.8 Å². The van der Waals surface area contributed by atoms with Gasteiger partial charge in [0.2, 0.25) is 11.8 Å². The van der Waals surface area contributed by atoms with Crippen LogP contribution in [0.15, 0.2) is 78.0 Å². The second kappa shape index (κ2) is 18.1. The fraction of sp³-hybridized carbons (Fsp3) is 0.472. The molecule has 9 nitrogen and oxygen atoms in total. The van der Waals surface area contributed by atoms with Crippen LogP contribution in [-0.2, 0) is 30.3 Å². The van der Waals surface area contributed by atoms with E-state index in [1.807, 2.05) is 50.3 Å². The highest BCUT2D eigenvalue weighted by molar-refractivity contribution is 5.96. The Morgan fingerprint density at radius 2 is 1.82 bits per heavy atom. The van der Waals surface area contributed by atoms with Gasteiger partial charge >= 0.3 is 5.97 Å². The van der Waals surface area contributed by atoms with Crippen LogP contribution in [0.3, 0.4) is 0 Å². The van der Waals surface area contributed by atoms with Crippen molar-refractivity contribution in [2.45, 2.75) is 96.5 Å². The van der Waals surface area contributed by atoms with Gasteiger partial charge in [0.25, 0.3) is 0 Å². The fourth-order valence-corrected chi connectivity index (χ4v) is 5.34. The van der Waals surface area contributed by atoms with E-state index >= 15 is 0 Å². The van der Waals surface area contributed by atoms with Crippen molar-refractivity contribution in [2.75, 3.05) is 12.4 Å². The highest BCUT2D eigenvalue weighted by Gasteiger charge is 2.30. The average molecular weight is 621 g/mol. The summed E-state index contributed by atoms with van der Waals surface area (Å²) in [6.45, 7) is 5.28. The number of amides is 2. The van der Waals surface area contributed by atoms with Crippen LogP contribution in [0.5, 0.6) is 5.75 Å². The van der Waals surface area contributed by atoms with Crippen LogP contribution >= 0.6 is 0 Å². The number of carbonyl (C=O) groups excluding carboxylic acids is 3. The van der Waals surface area contributed by atoms with Crippen molar-refractivity contribution < 1.29 is 34.1 Å². The largest absolute Gasteiger partial charge is 0.508 e. The molecule has 1 aliphatic carbocycles. The minimum atomic E-state index is -0.883. The van der Waals surface area contributed by atoms with Crippen molar-refractivity contribution in [2.24, 2.45) is 5.92 Å². The number of phenols is 1. The summed E-state index contributed by atoms with van der Waals surface area (Å²) < 4.78 is 11.3. The maximum atomic E-state index is 13.1. The predicted molar refractivity (Wildman–Crippen MR) is 175 cm³/mol. The molecule has 1 aliphatic heterocycles. The first kappa shape index (κ1) is 35.5. The molecule has 4 N–H and O–H groups in total. The number of fused-ring (bicyclic) bond motifs is 2. The first-order chi connectivity index (χ1) is 21.6. The molecule has 5 atom stereocenters. The van der Waals surface area contributed by atoms with Crippen molar-refractivity contribution in [1.29, 1.82) is 0 Å². The zero-order valence-electron chi connectivity index (χ0n) is 26.8. The zero-order valence-corrected chi connectivity index (χ0v) is 26.8. The lowest BCUT2D eigenvalue weighted by Crippen LogP contribution is -2.43. The Labute approximate surface area is 266 Å². The molecule has 9 heteroatoms. The Morgan fingerprint density at radius 3 is 2.56 bits per heavy atom. The zero-order chi connectivity index (χ0) is 32.8. The van der Waals surface area contributed by atoms with Gasteiger partial charge < -0.3 is 30.3 Å². The number of aliphatic hydroxyl groups excluding tert-OH is 1. The summed E-state index contributed by atoms with van der Waals surface area (Å²) in [6, 6.07) is 4.11. The molecule has 0 unspecified atom stereocenters. The number of hydrogen-bond acceptors (Lipinski definition) is 7. The Hall–Kier alpha value is -3.95. The summed E-state index contributed by atoms with van der Waals surface area (Å²) in [6.07, 6.45) is 17.9. The standard InChI is InChI=1S/C36H48N2O7/c1-24-14-13-15-27-20-29(22-30(39)21-27)38-33(40)23-31(44-4)18-11-6-5-7-12-19-32(25(2)34(24)41)45-36(43)26(3)37-35(42)28-16-9-8-10-17-28/h5-7,11-12,14,16,18,20-22,25-26,31-32,34,39,41H,8-10,13,15,17,19,23H2,1-4H3,(H,37,42)(H,38,40)/b6-5+,12-7-,18-11+,24-14+/t25-,26-,31-,32-,34+/m0/s1. The first-order valence-electron chi connectivity index (χ1n) is 15.8. The number of ether oxygens (including phenoxy) is 2. The van der Waals surface area contributed by atoms with E-state index in [1.165, 1.54) is 13.2 Å². The molecule has 0 radical (unpaired) electrons. The van der Waals surface area contributed by atoms with Gasteiger partial charge in [-0.3, -0.25) is 9.59 Å². The number of aromatic hydroxyl groups is 1. The second-order valence-corrected chi connectivity index (χ2v) is 11.8. The number of hydrogen-bond donors (Lipinski definition) is 4. The number of rotatable bonds is 5. The van der Waals surface area contributed by atoms with Gasteiger partial charge in [-0.15, -0.1) is 0 Å². The number of nitrogens with one attached hydrogen (secondary N) is 2. The van der Waals surface area contributed by atoms with Crippen molar-refractivity contribution in [3.63, 3.8) is 0 Å². The molecular weight excluding hydrogens is 572 g/mol. The van der Waals surface area contributed by atoms with Crippen LogP contribution in [0.2, 0.25) is 0 Å². The number of aryl methyl sites for hydroxylation is 1. The molecule has 244 valence electrons. The molecule has 0 spiro atoms. The Bertz CT molecular complexity index is 1330. The highest BCUT2D eigenvalue weighted by atomic mass is 16.5. The smallest absolute Gasteiger partial charge is 0.328 e. The number of aliphatic hydroxyl groups is 1. The van der Waals surface area contributed by atoms with E-state index in [4.69, 9.17) is 9.47 Å². The van der Waals surface area contributed by atoms with E-state index in [0.717, 1.165) is 30.4 Å². The van der Waals surface area contributed by atoms with E-state index in [1.54, 1.807) is 31.2 Å². The van der Waals surface area contributed by atoms with Crippen molar-refractivity contribution in [3.05, 3.63) is 83.5 Å². The summed E-state index contributed by atoms with van der Waals surface area (Å²) in [5, 5.41) is 27.1. The number of anilines is 1. The topological polar surface area (TPSA) is 134 Å². The molecular formula is C36H48N2O7. The fourth-order valence-electron chi connectivity index (χ4n) is 5.34. The highest BCUT2D eigenvalue weighted by Crippen LogP contribution is 2.25. The van der Waals surface area contributed by atoms with Gasteiger partial charge in [0.1, 0.15) is 17.9 Å². The molecule has 2 aliphatic rings. The van der Waals surface area contributed by atoms with Crippen LogP contribution in [0.25, 0.3) is 0 Å². The van der Waals surface area contributed by atoms with Crippen molar-refractivity contribution in [1.82, 2.24) is 5.32 Å². The number of benzene rings is 1. The van der Waals surface area contributed by atoms with Gasteiger partial charge in [-0.05, 0) is 75.6 Å². The molecule has 1 heterocycles. The average Bonchev–Trinajstić information content (AvgIpc) is 3.01. The molecule has 45 heavy (non-hydrogen) atoms. The summed E-state index contributed by atoms with van der Waals surface area (Å²) in [5.74, 6) is -1.45. The SMILES string of the molecule is CO[C@H]1/C=C/C=C/C=C\C[C@H](OC(=O)[C@H](C)NC(=O)C2=CCCCC2)[C@H](C)[C@H](O)/C(C)=C/CCc2cc(O)cc(c2)NC(=O)C1. The van der Waals surface area contributed by atoms with E-state index in [9.17, 15) is 24.6 Å². The predicted octanol–water partition coefficient (Wildman–Crippen LogP) is 5.60. The number of phenolic OH excluding ortho intramolecular Hbond substituents is 1.